The summed E-state index contributed by atoms with van der Waals surface area (Å²) in [6.07, 6.45) is 0. The fraction of sp³-hybridized carbons (Fsp3) is 0.0889. The highest BCUT2D eigenvalue weighted by atomic mass is 32.1. The number of anilines is 18. The molecule has 0 amide bonds. The van der Waals surface area contributed by atoms with Gasteiger partial charge in [-0.1, -0.05) is 205 Å². The molecule has 19 rings (SSSR count). The van der Waals surface area contributed by atoms with Gasteiger partial charge in [-0.2, -0.15) is 0 Å². The van der Waals surface area contributed by atoms with Crippen molar-refractivity contribution < 1.29 is 4.42 Å². The molecule has 0 bridgehead atoms. The summed E-state index contributed by atoms with van der Waals surface area (Å²) in [6.45, 7) is 13.3. The maximum atomic E-state index is 7.76. The van der Waals surface area contributed by atoms with Gasteiger partial charge in [0.1, 0.15) is 5.58 Å². The van der Waals surface area contributed by atoms with Gasteiger partial charge in [0, 0.05) is 99.9 Å². The Morgan fingerprint density at radius 2 is 0.660 bits per heavy atom. The van der Waals surface area contributed by atoms with Gasteiger partial charge in [-0.15, -0.1) is 11.3 Å². The van der Waals surface area contributed by atoms with Crippen molar-refractivity contribution in [3.05, 3.63) is 327 Å². The van der Waals surface area contributed by atoms with E-state index in [4.69, 9.17) is 4.42 Å². The summed E-state index contributed by atoms with van der Waals surface area (Å²) >= 11 is 1.95. The van der Waals surface area contributed by atoms with Crippen LogP contribution in [0.5, 0.6) is 0 Å². The van der Waals surface area contributed by atoms with E-state index in [0.717, 1.165) is 113 Å². The standard InChI is InChI=1S/C90H70B2N6OS/c1-89(2,3)59-47-49-81-71(51-59)85-87(99-81)91-73-57-74-76(58-75(73)95(65-39-23-11-24-40-65)77-53-69(55-79(83(77)91)97(85)67-43-27-13-28-44-67)93(61-31-15-7-16-32-61)62-33-17-8-18-34-62)96(66-41-25-12-26-42-66)78-54-70(94(63-35-19-9-20-36-63)64-37-21-10-22-38-64)56-80-84(78)92(74)88-86(98(80)68-45-29-14-30-46-68)72-52-60(90(4,5)6)48-50-82(72)100-88/h7-58H,1-6H3. The average molecular weight is 1310 g/mol. The van der Waals surface area contributed by atoms with Crippen molar-refractivity contribution >= 4 is 180 Å². The Hall–Kier alpha value is -11.7. The monoisotopic (exact) mass is 1300 g/mol. The van der Waals surface area contributed by atoms with E-state index in [2.05, 4.69) is 386 Å². The molecule has 6 heterocycles. The predicted octanol–water partition coefficient (Wildman–Crippen LogP) is 21.3. The first kappa shape index (κ1) is 59.5. The number of rotatable bonds is 10. The molecule has 100 heavy (non-hydrogen) atoms. The second-order valence-corrected chi connectivity index (χ2v) is 30.0. The number of furan rings is 1. The molecule has 0 atom stereocenters. The van der Waals surface area contributed by atoms with E-state index in [1.165, 1.54) is 53.5 Å². The third-order valence-electron chi connectivity index (χ3n) is 20.8. The number of nitrogens with zero attached hydrogens (tertiary/aromatic N) is 6. The van der Waals surface area contributed by atoms with Crippen LogP contribution in [0.1, 0.15) is 52.7 Å². The molecule has 0 fully saturated rings. The van der Waals surface area contributed by atoms with Crippen molar-refractivity contribution in [3.8, 4) is 0 Å². The van der Waals surface area contributed by atoms with Crippen LogP contribution in [0.3, 0.4) is 0 Å². The summed E-state index contributed by atoms with van der Waals surface area (Å²) in [6, 6.07) is 117. The Labute approximate surface area is 589 Å². The zero-order chi connectivity index (χ0) is 67.1. The molecule has 7 nitrogen and oxygen atoms in total. The summed E-state index contributed by atoms with van der Waals surface area (Å²) in [5.74, 6) is 0. The Morgan fingerprint density at radius 3 is 1.08 bits per heavy atom. The molecule has 4 aliphatic heterocycles. The Balaban J connectivity index is 0.973. The van der Waals surface area contributed by atoms with Crippen LogP contribution >= 0.6 is 11.3 Å². The molecule has 0 N–H and O–H groups in total. The van der Waals surface area contributed by atoms with Crippen LogP contribution in [0.4, 0.5) is 102 Å². The fourth-order valence-corrected chi connectivity index (χ4v) is 17.5. The number of benzene rings is 13. The highest BCUT2D eigenvalue weighted by Crippen LogP contribution is 2.55. The van der Waals surface area contributed by atoms with E-state index >= 15 is 0 Å². The molecular formula is C90H70B2N6OS. The maximum absolute atomic E-state index is 7.76. The highest BCUT2D eigenvalue weighted by Gasteiger charge is 2.52. The predicted molar refractivity (Wildman–Crippen MR) is 426 cm³/mol. The molecule has 0 aliphatic carbocycles. The van der Waals surface area contributed by atoms with Crippen molar-refractivity contribution in [2.75, 3.05) is 29.4 Å². The first-order valence-electron chi connectivity index (χ1n) is 34.8. The van der Waals surface area contributed by atoms with Gasteiger partial charge in [0.25, 0.3) is 13.4 Å². The quantitative estimate of drug-likeness (QED) is 0.126. The van der Waals surface area contributed by atoms with Gasteiger partial charge in [-0.3, -0.25) is 0 Å². The lowest BCUT2D eigenvalue weighted by Gasteiger charge is -2.46. The first-order chi connectivity index (χ1) is 48.9. The van der Waals surface area contributed by atoms with Crippen molar-refractivity contribution in [2.45, 2.75) is 52.4 Å². The Bertz CT molecular complexity index is 5240. The number of thiophene rings is 1. The van der Waals surface area contributed by atoms with Crippen LogP contribution in [0.2, 0.25) is 0 Å². The molecule has 0 saturated heterocycles. The minimum absolute atomic E-state index is 0.103. The van der Waals surface area contributed by atoms with Gasteiger partial charge >= 0.3 is 0 Å². The van der Waals surface area contributed by atoms with E-state index in [1.54, 1.807) is 0 Å². The van der Waals surface area contributed by atoms with Crippen LogP contribution in [-0.4, -0.2) is 13.4 Å². The van der Waals surface area contributed by atoms with Crippen LogP contribution in [-0.2, 0) is 10.8 Å². The fourth-order valence-electron chi connectivity index (χ4n) is 16.2. The lowest BCUT2D eigenvalue weighted by Crippen LogP contribution is -2.64. The smallest absolute Gasteiger partial charge is 0.297 e. The zero-order valence-electron chi connectivity index (χ0n) is 56.7. The van der Waals surface area contributed by atoms with Gasteiger partial charge in [0.2, 0.25) is 0 Å². The van der Waals surface area contributed by atoms with Crippen molar-refractivity contribution in [1.82, 2.24) is 0 Å². The minimum Gasteiger partial charge on any atom is -0.468 e. The minimum atomic E-state index is -0.374. The maximum Gasteiger partial charge on any atom is 0.297 e. The van der Waals surface area contributed by atoms with E-state index in [-0.39, 0.29) is 24.3 Å². The molecule has 0 saturated carbocycles. The molecule has 4 aliphatic rings. The second-order valence-electron chi connectivity index (χ2n) is 28.9. The number of hydrogen-bond donors (Lipinski definition) is 0. The van der Waals surface area contributed by atoms with Crippen molar-refractivity contribution in [2.24, 2.45) is 0 Å². The van der Waals surface area contributed by atoms with Gasteiger partial charge in [0.15, 0.2) is 0 Å². The normalized spacial score (nSPS) is 13.4. The van der Waals surface area contributed by atoms with E-state index in [9.17, 15) is 0 Å². The summed E-state index contributed by atoms with van der Waals surface area (Å²) in [7, 11) is 0. The molecular weight excluding hydrogens is 1230 g/mol. The second kappa shape index (κ2) is 22.9. The summed E-state index contributed by atoms with van der Waals surface area (Å²) in [5.41, 5.74) is 28.4. The molecule has 0 unspecified atom stereocenters. The molecule has 10 heteroatoms. The molecule has 13 aromatic carbocycles. The molecule has 2 aromatic heterocycles. The topological polar surface area (TPSA) is 32.6 Å². The molecule has 0 radical (unpaired) electrons. The van der Waals surface area contributed by atoms with Gasteiger partial charge in [0.05, 0.1) is 28.4 Å². The van der Waals surface area contributed by atoms with Crippen LogP contribution in [0, 0.1) is 0 Å². The number of hydrogen-bond acceptors (Lipinski definition) is 8. The number of fused-ring (bicyclic) bond motifs is 12. The molecule has 478 valence electrons. The Kier molecular flexibility index (Phi) is 13.7. The van der Waals surface area contributed by atoms with E-state index in [1.807, 2.05) is 11.3 Å². The van der Waals surface area contributed by atoms with Crippen molar-refractivity contribution in [3.63, 3.8) is 0 Å². The SMILES string of the molecule is CC(C)(C)c1ccc2oc3c(c2c1)N(c1ccccc1)c1cc(N(c2ccccc2)c2ccccc2)cc2c1B3c1cc3c(cc1N2c1ccccc1)N(c1ccccc1)c1cc(N(c2ccccc2)c2ccccc2)cc2c1B3c1sc3ccc(C(C)(C)C)cc3c1N2c1ccccc1. The van der Waals surface area contributed by atoms with Crippen LogP contribution in [0.15, 0.2) is 320 Å². The van der Waals surface area contributed by atoms with Gasteiger partial charge in [-0.05, 0) is 195 Å². The lowest BCUT2D eigenvalue weighted by atomic mass is 9.32. The van der Waals surface area contributed by atoms with Gasteiger partial charge < -0.3 is 33.8 Å². The van der Waals surface area contributed by atoms with E-state index in [0.29, 0.717) is 0 Å². The van der Waals surface area contributed by atoms with Crippen LogP contribution < -0.4 is 61.7 Å². The first-order valence-corrected chi connectivity index (χ1v) is 35.6. The Morgan fingerprint density at radius 1 is 0.310 bits per heavy atom. The average Bonchev–Trinajstić information content (AvgIpc) is 1.20. The molecule has 0 spiro atoms. The molecule has 15 aromatic rings. The summed E-state index contributed by atoms with van der Waals surface area (Å²) in [4.78, 5) is 15.2. The van der Waals surface area contributed by atoms with Crippen molar-refractivity contribution in [1.29, 1.82) is 0 Å². The largest absolute Gasteiger partial charge is 0.468 e. The van der Waals surface area contributed by atoms with E-state index < -0.39 is 0 Å². The zero-order valence-corrected chi connectivity index (χ0v) is 57.5. The highest BCUT2D eigenvalue weighted by molar-refractivity contribution is 7.33. The third-order valence-corrected chi connectivity index (χ3v) is 22.0. The lowest BCUT2D eigenvalue weighted by molar-refractivity contribution is 0.590. The third kappa shape index (κ3) is 9.41. The summed E-state index contributed by atoms with van der Waals surface area (Å²) in [5, 5.41) is 2.33. The van der Waals surface area contributed by atoms with Gasteiger partial charge in [-0.25, -0.2) is 0 Å². The van der Waals surface area contributed by atoms with Crippen LogP contribution in [0.25, 0.3) is 21.1 Å². The number of para-hydroxylation sites is 8. The summed E-state index contributed by atoms with van der Waals surface area (Å²) < 4.78 is 10.3.